The van der Waals surface area contributed by atoms with Crippen LogP contribution in [-0.4, -0.2) is 28.6 Å². The lowest BCUT2D eigenvalue weighted by Gasteiger charge is -2.22. The topological polar surface area (TPSA) is 106 Å². The average molecular weight is 280 g/mol. The Hall–Kier alpha value is -2.15. The lowest BCUT2D eigenvalue weighted by molar-refractivity contribution is -0.123. The number of ether oxygens (including phenoxy) is 1. The molecule has 0 aromatic carbocycles. The molecule has 0 saturated heterocycles. The minimum absolute atomic E-state index is 0.274. The summed E-state index contributed by atoms with van der Waals surface area (Å²) in [4.78, 5) is 27.4. The van der Waals surface area contributed by atoms with Crippen LogP contribution in [0.15, 0.2) is 24.5 Å². The molecule has 1 aromatic rings. The summed E-state index contributed by atoms with van der Waals surface area (Å²) in [5.74, 6) is 4.62. The van der Waals surface area contributed by atoms with Crippen LogP contribution in [0.25, 0.3) is 0 Å². The summed E-state index contributed by atoms with van der Waals surface area (Å²) < 4.78 is 5.11. The van der Waals surface area contributed by atoms with Crippen molar-refractivity contribution in [3.05, 3.63) is 30.1 Å². The van der Waals surface area contributed by atoms with E-state index in [1.807, 2.05) is 5.43 Å². The van der Waals surface area contributed by atoms with E-state index in [0.29, 0.717) is 0 Å². The summed E-state index contributed by atoms with van der Waals surface area (Å²) in [5, 5.41) is 2.49. The minimum Gasteiger partial charge on any atom is -0.444 e. The fourth-order valence-electron chi connectivity index (χ4n) is 1.51. The number of aromatic nitrogens is 1. The van der Waals surface area contributed by atoms with Crippen LogP contribution >= 0.6 is 0 Å². The number of nitrogens with one attached hydrogen (secondary N) is 2. The Morgan fingerprint density at radius 2 is 2.15 bits per heavy atom. The minimum atomic E-state index is -0.820. The van der Waals surface area contributed by atoms with Gasteiger partial charge in [0.05, 0.1) is 0 Å². The molecule has 1 rings (SSSR count). The number of pyridine rings is 1. The fourth-order valence-corrected chi connectivity index (χ4v) is 1.51. The number of nitrogens with zero attached hydrogens (tertiary/aromatic N) is 1. The summed E-state index contributed by atoms with van der Waals surface area (Å²) in [6.45, 7) is 5.23. The number of carbonyl (C=O) groups excluding carboxylic acids is 2. The highest BCUT2D eigenvalue weighted by molar-refractivity contribution is 5.85. The number of hydrogen-bond donors (Lipinski definition) is 3. The third-order valence-corrected chi connectivity index (χ3v) is 2.31. The first kappa shape index (κ1) is 15.9. The van der Waals surface area contributed by atoms with Crippen molar-refractivity contribution in [3.63, 3.8) is 0 Å². The van der Waals surface area contributed by atoms with Crippen LogP contribution in [0.3, 0.4) is 0 Å². The van der Waals surface area contributed by atoms with Gasteiger partial charge >= 0.3 is 6.09 Å². The molecule has 1 heterocycles. The Balaban J connectivity index is 2.70. The van der Waals surface area contributed by atoms with E-state index in [-0.39, 0.29) is 6.42 Å². The van der Waals surface area contributed by atoms with Gasteiger partial charge < -0.3 is 10.1 Å². The van der Waals surface area contributed by atoms with Crippen molar-refractivity contribution in [2.75, 3.05) is 0 Å². The molecule has 1 aromatic heterocycles. The molecule has 0 saturated carbocycles. The normalized spacial score (nSPS) is 12.4. The number of rotatable bonds is 4. The van der Waals surface area contributed by atoms with Gasteiger partial charge in [-0.25, -0.2) is 10.6 Å². The van der Waals surface area contributed by atoms with Gasteiger partial charge in [-0.2, -0.15) is 0 Å². The second kappa shape index (κ2) is 6.85. The highest BCUT2D eigenvalue weighted by Crippen LogP contribution is 2.08. The Morgan fingerprint density at radius 3 is 2.65 bits per heavy atom. The lowest BCUT2D eigenvalue weighted by atomic mass is 10.1. The van der Waals surface area contributed by atoms with E-state index in [1.165, 1.54) is 0 Å². The van der Waals surface area contributed by atoms with E-state index in [9.17, 15) is 9.59 Å². The van der Waals surface area contributed by atoms with E-state index < -0.39 is 23.6 Å². The molecule has 0 spiro atoms. The molecule has 0 unspecified atom stereocenters. The van der Waals surface area contributed by atoms with Gasteiger partial charge in [0.25, 0.3) is 5.91 Å². The predicted octanol–water partition coefficient (Wildman–Crippen LogP) is 0.507. The van der Waals surface area contributed by atoms with Crippen molar-refractivity contribution < 1.29 is 14.3 Å². The summed E-state index contributed by atoms with van der Waals surface area (Å²) >= 11 is 0. The summed E-state index contributed by atoms with van der Waals surface area (Å²) in [6, 6.07) is 2.74. The average Bonchev–Trinajstić information content (AvgIpc) is 2.36. The molecular weight excluding hydrogens is 260 g/mol. The van der Waals surface area contributed by atoms with Gasteiger partial charge in [0.15, 0.2) is 0 Å². The van der Waals surface area contributed by atoms with E-state index in [1.54, 1.807) is 45.3 Å². The standard InChI is InChI=1S/C13H20N4O3/c1-13(2,3)20-12(19)16-10(11(18)17-14)7-9-5-4-6-15-8-9/h4-6,8,10H,7,14H2,1-3H3,(H,16,19)(H,17,18)/t10-/m1/s1. The Morgan fingerprint density at radius 1 is 1.45 bits per heavy atom. The summed E-state index contributed by atoms with van der Waals surface area (Å²) in [5.41, 5.74) is 2.19. The van der Waals surface area contributed by atoms with Gasteiger partial charge in [0.1, 0.15) is 11.6 Å². The molecule has 1 atom stereocenters. The molecule has 20 heavy (non-hydrogen) atoms. The van der Waals surface area contributed by atoms with Crippen molar-refractivity contribution in [1.29, 1.82) is 0 Å². The molecule has 0 fully saturated rings. The van der Waals surface area contributed by atoms with E-state index in [0.717, 1.165) is 5.56 Å². The quantitative estimate of drug-likeness (QED) is 0.423. The Labute approximate surface area is 117 Å². The molecule has 110 valence electrons. The third-order valence-electron chi connectivity index (χ3n) is 2.31. The maximum absolute atomic E-state index is 11.7. The number of hydrogen-bond acceptors (Lipinski definition) is 5. The van der Waals surface area contributed by atoms with Crippen LogP contribution in [0.2, 0.25) is 0 Å². The third kappa shape index (κ3) is 5.66. The molecule has 4 N–H and O–H groups in total. The van der Waals surface area contributed by atoms with Crippen LogP contribution in [0, 0.1) is 0 Å². The molecule has 0 aliphatic heterocycles. The number of amides is 2. The zero-order chi connectivity index (χ0) is 15.2. The molecule has 7 heteroatoms. The first-order valence-electron chi connectivity index (χ1n) is 6.20. The van der Waals surface area contributed by atoms with Crippen LogP contribution in [0.5, 0.6) is 0 Å². The predicted molar refractivity (Wildman–Crippen MR) is 73.4 cm³/mol. The van der Waals surface area contributed by atoms with Crippen molar-refractivity contribution in [3.8, 4) is 0 Å². The summed E-state index contributed by atoms with van der Waals surface area (Å²) in [7, 11) is 0. The second-order valence-electron chi connectivity index (χ2n) is 5.27. The SMILES string of the molecule is CC(C)(C)OC(=O)N[C@H](Cc1cccnc1)C(=O)NN. The van der Waals surface area contributed by atoms with Crippen molar-refractivity contribution in [2.24, 2.45) is 5.84 Å². The van der Waals surface area contributed by atoms with E-state index in [4.69, 9.17) is 10.6 Å². The zero-order valence-corrected chi connectivity index (χ0v) is 11.8. The fraction of sp³-hybridized carbons (Fsp3) is 0.462. The van der Waals surface area contributed by atoms with Crippen LogP contribution < -0.4 is 16.6 Å². The second-order valence-corrected chi connectivity index (χ2v) is 5.27. The molecule has 0 radical (unpaired) electrons. The van der Waals surface area contributed by atoms with Crippen LogP contribution in [0.1, 0.15) is 26.3 Å². The van der Waals surface area contributed by atoms with Crippen LogP contribution in [0.4, 0.5) is 4.79 Å². The highest BCUT2D eigenvalue weighted by atomic mass is 16.6. The Kier molecular flexibility index (Phi) is 5.45. The van der Waals surface area contributed by atoms with Gasteiger partial charge in [-0.1, -0.05) is 6.07 Å². The van der Waals surface area contributed by atoms with Gasteiger partial charge in [-0.15, -0.1) is 0 Å². The molecule has 0 bridgehead atoms. The van der Waals surface area contributed by atoms with E-state index in [2.05, 4.69) is 10.3 Å². The Bertz CT molecular complexity index is 456. The zero-order valence-electron chi connectivity index (χ0n) is 11.8. The molecule has 0 aliphatic rings. The van der Waals surface area contributed by atoms with Gasteiger partial charge in [0, 0.05) is 18.8 Å². The van der Waals surface area contributed by atoms with Crippen molar-refractivity contribution in [2.45, 2.75) is 38.8 Å². The first-order valence-corrected chi connectivity index (χ1v) is 6.20. The largest absolute Gasteiger partial charge is 0.444 e. The number of alkyl carbamates (subject to hydrolysis) is 1. The number of hydrazine groups is 1. The molecule has 2 amide bonds. The van der Waals surface area contributed by atoms with Gasteiger partial charge in [0.2, 0.25) is 0 Å². The number of carbonyl (C=O) groups is 2. The van der Waals surface area contributed by atoms with Crippen molar-refractivity contribution >= 4 is 12.0 Å². The monoisotopic (exact) mass is 280 g/mol. The number of nitrogens with two attached hydrogens (primary N) is 1. The lowest BCUT2D eigenvalue weighted by Crippen LogP contribution is -2.51. The van der Waals surface area contributed by atoms with Gasteiger partial charge in [-0.3, -0.25) is 15.2 Å². The van der Waals surface area contributed by atoms with Crippen molar-refractivity contribution in [1.82, 2.24) is 15.7 Å². The van der Waals surface area contributed by atoms with Gasteiger partial charge in [-0.05, 0) is 32.4 Å². The van der Waals surface area contributed by atoms with Crippen LogP contribution in [-0.2, 0) is 16.0 Å². The molecular formula is C13H20N4O3. The maximum Gasteiger partial charge on any atom is 0.408 e. The molecule has 0 aliphatic carbocycles. The summed E-state index contributed by atoms with van der Waals surface area (Å²) in [6.07, 6.45) is 2.85. The maximum atomic E-state index is 11.7. The first-order chi connectivity index (χ1) is 9.31. The smallest absolute Gasteiger partial charge is 0.408 e. The highest BCUT2D eigenvalue weighted by Gasteiger charge is 2.24. The molecule has 7 nitrogen and oxygen atoms in total. The van der Waals surface area contributed by atoms with E-state index >= 15 is 0 Å².